The third kappa shape index (κ3) is 51.3. The van der Waals surface area contributed by atoms with Gasteiger partial charge in [-0.1, -0.05) is 273 Å². The Bertz CT molecular complexity index is 976. The Kier molecular flexibility index (Phi) is 47.1. The summed E-state index contributed by atoms with van der Waals surface area (Å²) < 4.78 is 16.9. The van der Waals surface area contributed by atoms with E-state index in [0.29, 0.717) is 19.3 Å². The quantitative estimate of drug-likeness (QED) is 0.0344. The molecule has 0 N–H and O–H groups in total. The van der Waals surface area contributed by atoms with Crippen molar-refractivity contribution in [2.75, 3.05) is 13.2 Å². The van der Waals surface area contributed by atoms with E-state index in [4.69, 9.17) is 14.2 Å². The highest BCUT2D eigenvalue weighted by atomic mass is 16.6. The van der Waals surface area contributed by atoms with Gasteiger partial charge >= 0.3 is 17.9 Å². The molecule has 0 spiro atoms. The Morgan fingerprint density at radius 2 is 0.460 bits per heavy atom. The lowest BCUT2D eigenvalue weighted by Crippen LogP contribution is -2.30. The Hall–Kier alpha value is -1.59. The fourth-order valence-electron chi connectivity index (χ4n) is 8.65. The van der Waals surface area contributed by atoms with Crippen molar-refractivity contribution in [3.8, 4) is 0 Å². The van der Waals surface area contributed by atoms with Crippen molar-refractivity contribution in [1.82, 2.24) is 0 Å². The zero-order chi connectivity index (χ0) is 46.3. The summed E-state index contributed by atoms with van der Waals surface area (Å²) in [7, 11) is 0. The molecule has 0 saturated heterocycles. The molecule has 0 aliphatic rings. The van der Waals surface area contributed by atoms with Crippen LogP contribution in [0.1, 0.15) is 311 Å². The van der Waals surface area contributed by atoms with E-state index in [1.165, 1.54) is 193 Å². The molecule has 0 saturated carbocycles. The standard InChI is InChI=1S/C57H110O6/c1-51(2)43-37-31-25-19-13-9-7-8-10-15-22-28-34-40-46-55(58)61-49-54(50-62-56(59)47-41-35-29-23-18-17-21-27-33-39-45-53(5)6)63-57(60)48-42-36-30-24-16-12-11-14-20-26-32-38-44-52(3)4/h51-54H,7-50H2,1-6H3/t54-/m1/s1. The SMILES string of the molecule is CC(C)CCCCCCCCCCCCCCCCC(=O)OC[C@H](COC(=O)CCCCCCCCCCCCC(C)C)OC(=O)CCCCCCCCCCCCCCC(C)C. The topological polar surface area (TPSA) is 78.9 Å². The van der Waals surface area contributed by atoms with Crippen molar-refractivity contribution < 1.29 is 28.6 Å². The third-order valence-electron chi connectivity index (χ3n) is 12.9. The highest BCUT2D eigenvalue weighted by Crippen LogP contribution is 2.18. The number of esters is 3. The highest BCUT2D eigenvalue weighted by molar-refractivity contribution is 5.71. The first-order valence-electron chi connectivity index (χ1n) is 28.1. The molecule has 0 aliphatic heterocycles. The summed E-state index contributed by atoms with van der Waals surface area (Å²) in [5.41, 5.74) is 0. The molecule has 0 fully saturated rings. The summed E-state index contributed by atoms with van der Waals surface area (Å²) in [6.07, 6.45) is 49.5. The van der Waals surface area contributed by atoms with Gasteiger partial charge in [0, 0.05) is 19.3 Å². The lowest BCUT2D eigenvalue weighted by molar-refractivity contribution is -0.167. The Morgan fingerprint density at radius 3 is 0.683 bits per heavy atom. The van der Waals surface area contributed by atoms with Crippen LogP contribution in [0.5, 0.6) is 0 Å². The lowest BCUT2D eigenvalue weighted by Gasteiger charge is -2.18. The van der Waals surface area contributed by atoms with Crippen molar-refractivity contribution in [2.24, 2.45) is 17.8 Å². The second kappa shape index (κ2) is 48.3. The largest absolute Gasteiger partial charge is 0.462 e. The predicted octanol–water partition coefficient (Wildman–Crippen LogP) is 18.3. The average molecular weight is 892 g/mol. The minimum atomic E-state index is -0.763. The molecule has 0 aromatic heterocycles. The maximum atomic E-state index is 12.8. The van der Waals surface area contributed by atoms with Crippen LogP contribution in [0.15, 0.2) is 0 Å². The first-order chi connectivity index (χ1) is 30.6. The molecule has 6 nitrogen and oxygen atoms in total. The number of carbonyl (C=O) groups excluding carboxylic acids is 3. The highest BCUT2D eigenvalue weighted by Gasteiger charge is 2.19. The van der Waals surface area contributed by atoms with Crippen molar-refractivity contribution in [3.05, 3.63) is 0 Å². The van der Waals surface area contributed by atoms with Crippen LogP contribution >= 0.6 is 0 Å². The van der Waals surface area contributed by atoms with Gasteiger partial charge in [-0.05, 0) is 37.0 Å². The van der Waals surface area contributed by atoms with Crippen LogP contribution in [0, 0.1) is 17.8 Å². The second-order valence-electron chi connectivity index (χ2n) is 21.0. The van der Waals surface area contributed by atoms with Crippen LogP contribution in [0.4, 0.5) is 0 Å². The second-order valence-corrected chi connectivity index (χ2v) is 21.0. The summed E-state index contributed by atoms with van der Waals surface area (Å²) in [5.74, 6) is 1.65. The number of hydrogen-bond donors (Lipinski definition) is 0. The molecule has 1 atom stereocenters. The maximum Gasteiger partial charge on any atom is 0.306 e. The van der Waals surface area contributed by atoms with Crippen LogP contribution in [0.3, 0.4) is 0 Å². The van der Waals surface area contributed by atoms with Gasteiger partial charge in [0.25, 0.3) is 0 Å². The van der Waals surface area contributed by atoms with Crippen LogP contribution in [0.25, 0.3) is 0 Å². The molecule has 0 rings (SSSR count). The Morgan fingerprint density at radius 1 is 0.270 bits per heavy atom. The molecular weight excluding hydrogens is 781 g/mol. The van der Waals surface area contributed by atoms with Crippen LogP contribution in [0.2, 0.25) is 0 Å². The lowest BCUT2D eigenvalue weighted by atomic mass is 10.0. The molecule has 374 valence electrons. The molecule has 0 unspecified atom stereocenters. The van der Waals surface area contributed by atoms with Gasteiger partial charge < -0.3 is 14.2 Å². The summed E-state index contributed by atoms with van der Waals surface area (Å²) in [6, 6.07) is 0. The van der Waals surface area contributed by atoms with Gasteiger partial charge in [-0.25, -0.2) is 0 Å². The van der Waals surface area contributed by atoms with E-state index in [9.17, 15) is 14.4 Å². The van der Waals surface area contributed by atoms with Crippen molar-refractivity contribution >= 4 is 17.9 Å². The maximum absolute atomic E-state index is 12.8. The van der Waals surface area contributed by atoms with Crippen molar-refractivity contribution in [1.29, 1.82) is 0 Å². The van der Waals surface area contributed by atoms with Crippen molar-refractivity contribution in [2.45, 2.75) is 317 Å². The summed E-state index contributed by atoms with van der Waals surface area (Å²) >= 11 is 0. The first kappa shape index (κ1) is 61.4. The van der Waals surface area contributed by atoms with E-state index in [1.807, 2.05) is 0 Å². The molecule has 0 aliphatic carbocycles. The molecular formula is C57H110O6. The minimum absolute atomic E-state index is 0.0638. The number of carbonyl (C=O) groups is 3. The van der Waals surface area contributed by atoms with E-state index < -0.39 is 6.10 Å². The Balaban J connectivity index is 4.30. The molecule has 63 heavy (non-hydrogen) atoms. The first-order valence-corrected chi connectivity index (χ1v) is 28.1. The van der Waals surface area contributed by atoms with E-state index in [1.54, 1.807) is 0 Å². The van der Waals surface area contributed by atoms with Gasteiger partial charge in [0.2, 0.25) is 0 Å². The zero-order valence-electron chi connectivity index (χ0n) is 43.4. The number of rotatable bonds is 50. The molecule has 0 amide bonds. The Labute approximate surface area is 393 Å². The van der Waals surface area contributed by atoms with Crippen LogP contribution < -0.4 is 0 Å². The molecule has 0 heterocycles. The average Bonchev–Trinajstić information content (AvgIpc) is 3.24. The molecule has 0 aromatic rings. The van der Waals surface area contributed by atoms with Crippen LogP contribution in [-0.4, -0.2) is 37.2 Å². The summed E-state index contributed by atoms with van der Waals surface area (Å²) in [5, 5.41) is 0. The van der Waals surface area contributed by atoms with Gasteiger partial charge in [0.1, 0.15) is 13.2 Å². The van der Waals surface area contributed by atoms with E-state index in [2.05, 4.69) is 41.5 Å². The number of ether oxygens (including phenoxy) is 3. The number of hydrogen-bond acceptors (Lipinski definition) is 6. The fraction of sp³-hybridized carbons (Fsp3) is 0.947. The smallest absolute Gasteiger partial charge is 0.306 e. The van der Waals surface area contributed by atoms with E-state index >= 15 is 0 Å². The monoisotopic (exact) mass is 891 g/mol. The summed E-state index contributed by atoms with van der Waals surface area (Å²) in [4.78, 5) is 38.1. The van der Waals surface area contributed by atoms with Gasteiger partial charge in [0.05, 0.1) is 0 Å². The minimum Gasteiger partial charge on any atom is -0.462 e. The van der Waals surface area contributed by atoms with Gasteiger partial charge in [-0.2, -0.15) is 0 Å². The predicted molar refractivity (Wildman–Crippen MR) is 270 cm³/mol. The van der Waals surface area contributed by atoms with E-state index in [0.717, 1.165) is 75.5 Å². The molecule has 0 bridgehead atoms. The van der Waals surface area contributed by atoms with Gasteiger partial charge in [-0.15, -0.1) is 0 Å². The third-order valence-corrected chi connectivity index (χ3v) is 12.9. The summed E-state index contributed by atoms with van der Waals surface area (Å²) in [6.45, 7) is 13.7. The fourth-order valence-corrected chi connectivity index (χ4v) is 8.65. The molecule has 6 heteroatoms. The number of unbranched alkanes of at least 4 members (excludes halogenated alkanes) is 33. The normalized spacial score (nSPS) is 12.1. The van der Waals surface area contributed by atoms with Gasteiger partial charge in [0.15, 0.2) is 6.10 Å². The zero-order valence-corrected chi connectivity index (χ0v) is 43.4. The van der Waals surface area contributed by atoms with E-state index in [-0.39, 0.29) is 31.1 Å². The molecule has 0 aromatic carbocycles. The van der Waals surface area contributed by atoms with Crippen LogP contribution in [-0.2, 0) is 28.6 Å². The van der Waals surface area contributed by atoms with Gasteiger partial charge in [-0.3, -0.25) is 14.4 Å². The van der Waals surface area contributed by atoms with Crippen molar-refractivity contribution in [3.63, 3.8) is 0 Å². The molecule has 0 radical (unpaired) electrons.